The topological polar surface area (TPSA) is 62.0 Å². The van der Waals surface area contributed by atoms with Crippen molar-refractivity contribution in [3.63, 3.8) is 0 Å². The smallest absolute Gasteiger partial charge is 0.139 e. The molecule has 4 heteroatoms. The van der Waals surface area contributed by atoms with E-state index in [4.69, 9.17) is 4.84 Å². The highest BCUT2D eigenvalue weighted by Crippen LogP contribution is 2.62. The normalized spacial score (nSPS) is 48.5. The Morgan fingerprint density at radius 2 is 1.64 bits per heavy atom. The molecule has 3 fully saturated rings. The summed E-state index contributed by atoms with van der Waals surface area (Å²) < 4.78 is 0. The van der Waals surface area contributed by atoms with Gasteiger partial charge in [-0.3, -0.25) is 0 Å². The predicted molar refractivity (Wildman–Crippen MR) is 81.2 cm³/mol. The minimum atomic E-state index is -0.284. The lowest BCUT2D eigenvalue weighted by Crippen LogP contribution is -2.51. The summed E-state index contributed by atoms with van der Waals surface area (Å²) in [5.41, 5.74) is 2.17. The lowest BCUT2D eigenvalue weighted by atomic mass is 9.63. The first-order chi connectivity index (χ1) is 10.8. The lowest BCUT2D eigenvalue weighted by Gasteiger charge is -2.44. The van der Waals surface area contributed by atoms with Crippen LogP contribution in [0.25, 0.3) is 0 Å². The van der Waals surface area contributed by atoms with Crippen molar-refractivity contribution in [1.29, 1.82) is 0 Å². The molecule has 0 saturated heterocycles. The maximum absolute atomic E-state index is 10.5. The summed E-state index contributed by atoms with van der Waals surface area (Å²) in [5.74, 6) is 1.43. The first kappa shape index (κ1) is 13.1. The molecule has 3 saturated carbocycles. The third-order valence-corrected chi connectivity index (χ3v) is 6.52. The van der Waals surface area contributed by atoms with Gasteiger partial charge in [0.25, 0.3) is 0 Å². The number of hydrogen-bond donors (Lipinski definition) is 2. The fourth-order valence-electron chi connectivity index (χ4n) is 5.79. The minimum Gasteiger partial charge on any atom is -0.393 e. The van der Waals surface area contributed by atoms with Gasteiger partial charge in [-0.15, -0.1) is 0 Å². The zero-order valence-corrected chi connectivity index (χ0v) is 12.4. The van der Waals surface area contributed by atoms with Crippen LogP contribution in [0.2, 0.25) is 0 Å². The molecule has 116 valence electrons. The summed E-state index contributed by atoms with van der Waals surface area (Å²) in [6.45, 7) is 0. The van der Waals surface area contributed by atoms with E-state index in [0.29, 0.717) is 11.8 Å². The Morgan fingerprint density at radius 3 is 2.36 bits per heavy atom. The molecule has 1 aromatic carbocycles. The predicted octanol–water partition coefficient (Wildman–Crippen LogP) is 1.80. The van der Waals surface area contributed by atoms with E-state index in [9.17, 15) is 10.2 Å². The van der Waals surface area contributed by atoms with Crippen molar-refractivity contribution >= 4 is 5.71 Å². The molecule has 0 aromatic heterocycles. The van der Waals surface area contributed by atoms with Gasteiger partial charge >= 0.3 is 0 Å². The molecule has 0 amide bonds. The van der Waals surface area contributed by atoms with Crippen LogP contribution in [0.5, 0.6) is 0 Å². The van der Waals surface area contributed by atoms with Crippen LogP contribution in [0, 0.1) is 29.6 Å². The summed E-state index contributed by atoms with van der Waals surface area (Å²) in [6.07, 6.45) is 2.04. The first-order valence-corrected chi connectivity index (χ1v) is 8.41. The quantitative estimate of drug-likeness (QED) is 0.831. The third kappa shape index (κ3) is 1.57. The number of nitrogens with zero attached hydrogens (tertiary/aromatic N) is 1. The zero-order chi connectivity index (χ0) is 14.8. The van der Waals surface area contributed by atoms with E-state index in [1.54, 1.807) is 0 Å². The van der Waals surface area contributed by atoms with E-state index in [-0.39, 0.29) is 36.1 Å². The summed E-state index contributed by atoms with van der Waals surface area (Å²) in [5, 5.41) is 25.3. The second kappa shape index (κ2) is 4.56. The summed E-state index contributed by atoms with van der Waals surface area (Å²) >= 11 is 0. The fourth-order valence-corrected chi connectivity index (χ4v) is 5.79. The van der Waals surface area contributed by atoms with Gasteiger partial charge in [0.05, 0.1) is 17.9 Å². The van der Waals surface area contributed by atoms with Gasteiger partial charge in [-0.1, -0.05) is 35.5 Å². The van der Waals surface area contributed by atoms with Gasteiger partial charge in [0.1, 0.15) is 6.10 Å². The Labute approximate surface area is 129 Å². The van der Waals surface area contributed by atoms with Gasteiger partial charge in [0, 0.05) is 11.8 Å². The Kier molecular flexibility index (Phi) is 2.71. The molecule has 1 aromatic rings. The molecule has 1 heterocycles. The summed E-state index contributed by atoms with van der Waals surface area (Å²) in [6, 6.07) is 10.2. The van der Waals surface area contributed by atoms with Crippen LogP contribution >= 0.6 is 0 Å². The van der Waals surface area contributed by atoms with Crippen LogP contribution in [-0.4, -0.2) is 34.2 Å². The van der Waals surface area contributed by atoms with E-state index >= 15 is 0 Å². The van der Waals surface area contributed by atoms with Crippen LogP contribution in [0.3, 0.4) is 0 Å². The molecule has 4 aliphatic rings. The molecular formula is C18H21NO3. The second-order valence-electron chi connectivity index (χ2n) is 7.37. The van der Waals surface area contributed by atoms with Crippen molar-refractivity contribution in [3.05, 3.63) is 35.9 Å². The molecule has 0 radical (unpaired) electrons. The fraction of sp³-hybridized carbons (Fsp3) is 0.611. The van der Waals surface area contributed by atoms with Gasteiger partial charge in [0.2, 0.25) is 0 Å². The molecule has 1 aliphatic heterocycles. The van der Waals surface area contributed by atoms with E-state index in [1.807, 2.05) is 18.2 Å². The molecule has 5 rings (SSSR count). The van der Waals surface area contributed by atoms with Crippen molar-refractivity contribution in [2.24, 2.45) is 34.7 Å². The van der Waals surface area contributed by atoms with E-state index in [0.717, 1.165) is 30.5 Å². The molecule has 2 bridgehead atoms. The molecule has 2 unspecified atom stereocenters. The highest BCUT2D eigenvalue weighted by molar-refractivity contribution is 6.03. The van der Waals surface area contributed by atoms with Crippen LogP contribution in [0.15, 0.2) is 35.5 Å². The molecule has 8 atom stereocenters. The summed E-state index contributed by atoms with van der Waals surface area (Å²) in [7, 11) is 0. The largest absolute Gasteiger partial charge is 0.393 e. The number of hydrogen-bond acceptors (Lipinski definition) is 4. The minimum absolute atomic E-state index is 0.0985. The number of benzene rings is 1. The SMILES string of the molecule is O[C@@H]1CC[C@H](O)C2C1[C@@H]1C[C@H]2[C@H]2C(c3ccccc3)=NO[C@H]21. The molecule has 22 heavy (non-hydrogen) atoms. The number of oxime groups is 1. The number of fused-ring (bicyclic) bond motifs is 8. The molecule has 0 spiro atoms. The van der Waals surface area contributed by atoms with Crippen molar-refractivity contribution in [3.8, 4) is 0 Å². The first-order valence-electron chi connectivity index (χ1n) is 8.41. The van der Waals surface area contributed by atoms with E-state index in [2.05, 4.69) is 17.3 Å². The van der Waals surface area contributed by atoms with Crippen LogP contribution in [0.4, 0.5) is 0 Å². The van der Waals surface area contributed by atoms with Gasteiger partial charge in [-0.25, -0.2) is 0 Å². The van der Waals surface area contributed by atoms with Crippen molar-refractivity contribution in [2.75, 3.05) is 0 Å². The Hall–Kier alpha value is -1.39. The van der Waals surface area contributed by atoms with Crippen molar-refractivity contribution in [1.82, 2.24) is 0 Å². The lowest BCUT2D eigenvalue weighted by molar-refractivity contribution is -0.108. The molecular weight excluding hydrogens is 278 g/mol. The van der Waals surface area contributed by atoms with Gasteiger partial charge in [-0.2, -0.15) is 0 Å². The number of aliphatic hydroxyl groups excluding tert-OH is 2. The summed E-state index contributed by atoms with van der Waals surface area (Å²) in [4.78, 5) is 5.81. The Bertz CT molecular complexity index is 616. The van der Waals surface area contributed by atoms with Gasteiger partial charge in [0.15, 0.2) is 0 Å². The molecule has 4 nitrogen and oxygen atoms in total. The van der Waals surface area contributed by atoms with Crippen LogP contribution < -0.4 is 0 Å². The average molecular weight is 299 g/mol. The van der Waals surface area contributed by atoms with E-state index in [1.165, 1.54) is 0 Å². The van der Waals surface area contributed by atoms with Crippen molar-refractivity contribution < 1.29 is 15.1 Å². The number of aliphatic hydroxyl groups is 2. The highest BCUT2D eigenvalue weighted by Gasteiger charge is 2.66. The maximum atomic E-state index is 10.5. The standard InChI is InChI=1S/C18H21NO3/c20-12-6-7-13(21)15-11-8-10(14(12)15)16-17(19-22-18(11)16)9-4-2-1-3-5-9/h1-5,10-16,18,20-21H,6-8H2/t10-,11+,12+,13-,14?,15?,16+,18+/m1/s1. The molecule has 2 N–H and O–H groups in total. The van der Waals surface area contributed by atoms with Crippen LogP contribution in [-0.2, 0) is 4.84 Å². The van der Waals surface area contributed by atoms with Gasteiger partial charge < -0.3 is 15.1 Å². The Balaban J connectivity index is 1.51. The maximum Gasteiger partial charge on any atom is 0.139 e. The van der Waals surface area contributed by atoms with Gasteiger partial charge in [-0.05, 0) is 42.6 Å². The molecule has 3 aliphatic carbocycles. The third-order valence-electron chi connectivity index (χ3n) is 6.52. The highest BCUT2D eigenvalue weighted by atomic mass is 16.6. The van der Waals surface area contributed by atoms with E-state index < -0.39 is 0 Å². The Morgan fingerprint density at radius 1 is 0.955 bits per heavy atom. The number of rotatable bonds is 1. The monoisotopic (exact) mass is 299 g/mol. The zero-order valence-electron chi connectivity index (χ0n) is 12.4. The average Bonchev–Trinajstić information content (AvgIpc) is 3.21. The van der Waals surface area contributed by atoms with Crippen molar-refractivity contribution in [2.45, 2.75) is 37.6 Å². The van der Waals surface area contributed by atoms with Crippen LogP contribution in [0.1, 0.15) is 24.8 Å². The second-order valence-corrected chi connectivity index (χ2v) is 7.37.